The van der Waals surface area contributed by atoms with E-state index in [0.717, 1.165) is 83.5 Å². The van der Waals surface area contributed by atoms with E-state index in [-0.39, 0.29) is 31.1 Å². The molecule has 0 saturated heterocycles. The van der Waals surface area contributed by atoms with Gasteiger partial charge in [-0.2, -0.15) is 0 Å². The first kappa shape index (κ1) is 75.8. The van der Waals surface area contributed by atoms with Crippen molar-refractivity contribution < 1.29 is 28.6 Å². The zero-order valence-corrected chi connectivity index (χ0v) is 52.6. The fourth-order valence-electron chi connectivity index (χ4n) is 10.0. The molecule has 1 atom stereocenters. The summed E-state index contributed by atoms with van der Waals surface area (Å²) >= 11 is 0. The van der Waals surface area contributed by atoms with Gasteiger partial charge in [0.15, 0.2) is 6.10 Å². The highest BCUT2D eigenvalue weighted by Gasteiger charge is 2.19. The van der Waals surface area contributed by atoms with E-state index in [1.54, 1.807) is 0 Å². The molecule has 0 fully saturated rings. The summed E-state index contributed by atoms with van der Waals surface area (Å²) in [6.07, 6.45) is 87.7. The van der Waals surface area contributed by atoms with Crippen LogP contribution in [-0.4, -0.2) is 37.2 Å². The van der Waals surface area contributed by atoms with Crippen molar-refractivity contribution in [1.82, 2.24) is 0 Å². The molecule has 6 heteroatoms. The first-order valence-corrected chi connectivity index (χ1v) is 34.4. The maximum atomic E-state index is 12.9. The third-order valence-corrected chi connectivity index (χ3v) is 15.2. The zero-order chi connectivity index (χ0) is 57.1. The average Bonchev–Trinajstić information content (AvgIpc) is 3.45. The van der Waals surface area contributed by atoms with E-state index in [1.165, 1.54) is 231 Å². The second kappa shape index (κ2) is 67.4. The van der Waals surface area contributed by atoms with E-state index in [2.05, 4.69) is 93.7 Å². The lowest BCUT2D eigenvalue weighted by molar-refractivity contribution is -0.167. The molecular weight excluding hydrogens is 973 g/mol. The number of allylic oxidation sites excluding steroid dienone is 12. The van der Waals surface area contributed by atoms with Crippen molar-refractivity contribution in [2.75, 3.05) is 13.2 Å². The normalized spacial score (nSPS) is 12.5. The first-order chi connectivity index (χ1) is 39.0. The predicted octanol–water partition coefficient (Wildman–Crippen LogP) is 23.7. The SMILES string of the molecule is CC/C=C\C/C=C\C/C=C\C/C=C\CCCCCCCCCCCCCCC(=O)OCC(COC(=O)CCCCCCCCC/C=C\CCCCCCCC)OC(=O)CCCCCCCCCCC/C=C\CCCCCCCC. The van der Waals surface area contributed by atoms with E-state index >= 15 is 0 Å². The van der Waals surface area contributed by atoms with Crippen molar-refractivity contribution >= 4 is 17.9 Å². The van der Waals surface area contributed by atoms with Crippen molar-refractivity contribution in [1.29, 1.82) is 0 Å². The molecule has 0 bridgehead atoms. The van der Waals surface area contributed by atoms with Crippen LogP contribution in [0.1, 0.15) is 355 Å². The largest absolute Gasteiger partial charge is 0.462 e. The van der Waals surface area contributed by atoms with Crippen LogP contribution in [0.15, 0.2) is 72.9 Å². The monoisotopic (exact) mass is 1100 g/mol. The molecule has 0 aromatic carbocycles. The Morgan fingerprint density at radius 1 is 0.266 bits per heavy atom. The summed E-state index contributed by atoms with van der Waals surface area (Å²) in [4.78, 5) is 38.4. The lowest BCUT2D eigenvalue weighted by atomic mass is 10.0. The van der Waals surface area contributed by atoms with Gasteiger partial charge < -0.3 is 14.2 Å². The number of carbonyl (C=O) groups is 3. The van der Waals surface area contributed by atoms with Crippen molar-refractivity contribution in [3.63, 3.8) is 0 Å². The highest BCUT2D eigenvalue weighted by molar-refractivity contribution is 5.71. The lowest BCUT2D eigenvalue weighted by Gasteiger charge is -2.18. The highest BCUT2D eigenvalue weighted by atomic mass is 16.6. The van der Waals surface area contributed by atoms with Crippen LogP contribution in [0, 0.1) is 0 Å². The second-order valence-corrected chi connectivity index (χ2v) is 23.1. The van der Waals surface area contributed by atoms with Crippen LogP contribution in [0.25, 0.3) is 0 Å². The Kier molecular flexibility index (Phi) is 64.7. The number of carbonyl (C=O) groups excluding carboxylic acids is 3. The molecule has 0 aromatic rings. The minimum absolute atomic E-state index is 0.0759. The molecule has 0 aliphatic carbocycles. The van der Waals surface area contributed by atoms with Gasteiger partial charge in [-0.25, -0.2) is 0 Å². The van der Waals surface area contributed by atoms with Crippen LogP contribution in [-0.2, 0) is 28.6 Å². The minimum atomic E-state index is -0.780. The van der Waals surface area contributed by atoms with E-state index < -0.39 is 6.10 Å². The number of hydrogen-bond donors (Lipinski definition) is 0. The van der Waals surface area contributed by atoms with Crippen molar-refractivity contribution in [3.05, 3.63) is 72.9 Å². The highest BCUT2D eigenvalue weighted by Crippen LogP contribution is 2.17. The van der Waals surface area contributed by atoms with Gasteiger partial charge in [0.1, 0.15) is 13.2 Å². The molecule has 0 amide bonds. The van der Waals surface area contributed by atoms with Crippen LogP contribution in [0.3, 0.4) is 0 Å². The Hall–Kier alpha value is -3.15. The van der Waals surface area contributed by atoms with Gasteiger partial charge in [-0.1, -0.05) is 299 Å². The van der Waals surface area contributed by atoms with Gasteiger partial charge >= 0.3 is 17.9 Å². The molecule has 0 N–H and O–H groups in total. The Morgan fingerprint density at radius 2 is 0.494 bits per heavy atom. The summed E-state index contributed by atoms with van der Waals surface area (Å²) in [6, 6.07) is 0. The van der Waals surface area contributed by atoms with Crippen molar-refractivity contribution in [2.45, 2.75) is 361 Å². The van der Waals surface area contributed by atoms with Crippen LogP contribution < -0.4 is 0 Å². The minimum Gasteiger partial charge on any atom is -0.462 e. The van der Waals surface area contributed by atoms with Gasteiger partial charge in [-0.05, 0) is 109 Å². The van der Waals surface area contributed by atoms with Crippen LogP contribution in [0.5, 0.6) is 0 Å². The molecule has 0 aliphatic heterocycles. The number of unbranched alkanes of at least 4 members (excludes halogenated alkanes) is 40. The molecule has 79 heavy (non-hydrogen) atoms. The molecule has 0 radical (unpaired) electrons. The molecule has 0 saturated carbocycles. The molecular formula is C73H130O6. The molecule has 458 valence electrons. The van der Waals surface area contributed by atoms with Gasteiger partial charge in [0.25, 0.3) is 0 Å². The maximum absolute atomic E-state index is 12.9. The summed E-state index contributed by atoms with van der Waals surface area (Å²) in [5, 5.41) is 0. The summed E-state index contributed by atoms with van der Waals surface area (Å²) in [5.41, 5.74) is 0. The van der Waals surface area contributed by atoms with E-state index in [0.29, 0.717) is 19.3 Å². The second-order valence-electron chi connectivity index (χ2n) is 23.1. The summed E-state index contributed by atoms with van der Waals surface area (Å²) in [5.74, 6) is -0.864. The Morgan fingerprint density at radius 3 is 0.785 bits per heavy atom. The number of esters is 3. The third-order valence-electron chi connectivity index (χ3n) is 15.2. The molecule has 0 heterocycles. The van der Waals surface area contributed by atoms with Gasteiger partial charge in [-0.15, -0.1) is 0 Å². The van der Waals surface area contributed by atoms with Gasteiger partial charge in [0.05, 0.1) is 0 Å². The van der Waals surface area contributed by atoms with Crippen LogP contribution in [0.2, 0.25) is 0 Å². The Labute approximate surface area is 491 Å². The molecule has 0 aromatic heterocycles. The third kappa shape index (κ3) is 65.5. The first-order valence-electron chi connectivity index (χ1n) is 34.4. The summed E-state index contributed by atoms with van der Waals surface area (Å²) < 4.78 is 17.0. The van der Waals surface area contributed by atoms with E-state index in [1.807, 2.05) is 0 Å². The molecule has 0 spiro atoms. The van der Waals surface area contributed by atoms with E-state index in [4.69, 9.17) is 14.2 Å². The molecule has 6 nitrogen and oxygen atoms in total. The smallest absolute Gasteiger partial charge is 0.306 e. The van der Waals surface area contributed by atoms with Gasteiger partial charge in [0, 0.05) is 19.3 Å². The predicted molar refractivity (Wildman–Crippen MR) is 344 cm³/mol. The Bertz CT molecular complexity index is 1450. The lowest BCUT2D eigenvalue weighted by Crippen LogP contribution is -2.30. The standard InChI is InChI=1S/C73H130O6/c1-4-7-10-13-16-19-22-25-28-31-33-34-35-36-37-38-40-42-45-48-51-54-57-60-63-66-72(75)78-69-70(68-77-71(74)65-62-59-56-53-50-47-44-41-30-27-24-21-18-15-12-9-6-3)79-73(76)67-64-61-58-55-52-49-46-43-39-32-29-26-23-20-17-14-11-8-5-2/h7,10,16,19,25-30,33-34,70H,4-6,8-9,11-15,17-18,20-24,31-32,35-69H2,1-3H3/b10-7-,19-16-,28-25-,29-26-,30-27-,34-33-. The molecule has 1 unspecified atom stereocenters. The molecule has 0 rings (SSSR count). The fourth-order valence-corrected chi connectivity index (χ4v) is 10.0. The van der Waals surface area contributed by atoms with Gasteiger partial charge in [0.2, 0.25) is 0 Å². The van der Waals surface area contributed by atoms with Crippen LogP contribution in [0.4, 0.5) is 0 Å². The van der Waals surface area contributed by atoms with Crippen molar-refractivity contribution in [2.24, 2.45) is 0 Å². The summed E-state index contributed by atoms with van der Waals surface area (Å²) in [6.45, 7) is 6.57. The fraction of sp³-hybridized carbons (Fsp3) is 0.795. The van der Waals surface area contributed by atoms with Crippen LogP contribution >= 0.6 is 0 Å². The number of rotatable bonds is 63. The maximum Gasteiger partial charge on any atom is 0.306 e. The average molecular weight is 1100 g/mol. The zero-order valence-electron chi connectivity index (χ0n) is 52.6. The van der Waals surface area contributed by atoms with Gasteiger partial charge in [-0.3, -0.25) is 14.4 Å². The quantitative estimate of drug-likeness (QED) is 0.0261. The number of ether oxygens (including phenoxy) is 3. The summed E-state index contributed by atoms with van der Waals surface area (Å²) in [7, 11) is 0. The van der Waals surface area contributed by atoms with Crippen molar-refractivity contribution in [3.8, 4) is 0 Å². The molecule has 0 aliphatic rings. The topological polar surface area (TPSA) is 78.9 Å². The van der Waals surface area contributed by atoms with E-state index in [9.17, 15) is 14.4 Å². The number of hydrogen-bond acceptors (Lipinski definition) is 6. The Balaban J connectivity index is 4.33.